The molecule has 0 saturated carbocycles. The van der Waals surface area contributed by atoms with Gasteiger partial charge in [-0.2, -0.15) is 0 Å². The minimum Gasteiger partial charge on any atom is -0.348 e. The lowest BCUT2D eigenvalue weighted by Crippen LogP contribution is -2.48. The molecule has 3 N–H and O–H groups in total. The van der Waals surface area contributed by atoms with Gasteiger partial charge in [0.1, 0.15) is 0 Å². The molecule has 110 valence electrons. The molecule has 1 aromatic rings. The summed E-state index contributed by atoms with van der Waals surface area (Å²) in [4.78, 5) is 22.3. The Labute approximate surface area is 122 Å². The Morgan fingerprint density at radius 2 is 2.05 bits per heavy atom. The van der Waals surface area contributed by atoms with Crippen LogP contribution in [0.3, 0.4) is 0 Å². The van der Waals surface area contributed by atoms with Crippen LogP contribution in [-0.2, 0) is 0 Å². The van der Waals surface area contributed by atoms with Gasteiger partial charge in [0.2, 0.25) is 0 Å². The number of rotatable bonds is 4. The summed E-state index contributed by atoms with van der Waals surface area (Å²) in [5.74, 6) is -0.430. The van der Waals surface area contributed by atoms with Crippen molar-refractivity contribution in [3.8, 4) is 0 Å². The van der Waals surface area contributed by atoms with E-state index in [-0.39, 0.29) is 34.3 Å². The molecule has 1 unspecified atom stereocenters. The fourth-order valence-corrected chi connectivity index (χ4v) is 1.91. The van der Waals surface area contributed by atoms with E-state index >= 15 is 0 Å². The quantitative estimate of drug-likeness (QED) is 0.658. The Hall–Kier alpha value is -1.66. The fourth-order valence-electron chi connectivity index (χ4n) is 1.68. The zero-order chi connectivity index (χ0) is 15.5. The molecule has 1 rings (SSSR count). The average molecular weight is 300 g/mol. The van der Waals surface area contributed by atoms with Gasteiger partial charge in [-0.25, -0.2) is 0 Å². The van der Waals surface area contributed by atoms with Crippen LogP contribution in [0.15, 0.2) is 18.2 Å². The first kappa shape index (κ1) is 16.4. The van der Waals surface area contributed by atoms with Crippen molar-refractivity contribution in [2.24, 2.45) is 11.1 Å². The number of carbonyl (C=O) groups excluding carboxylic acids is 1. The number of hydrogen-bond acceptors (Lipinski definition) is 4. The number of nitrogens with two attached hydrogens (primary N) is 1. The topological polar surface area (TPSA) is 98.3 Å². The first-order chi connectivity index (χ1) is 9.15. The molecule has 0 radical (unpaired) electrons. The van der Waals surface area contributed by atoms with Gasteiger partial charge in [-0.1, -0.05) is 32.4 Å². The molecule has 0 spiro atoms. The number of carbonyl (C=O) groups is 1. The van der Waals surface area contributed by atoms with E-state index in [2.05, 4.69) is 5.32 Å². The Kier molecular flexibility index (Phi) is 5.08. The van der Waals surface area contributed by atoms with Gasteiger partial charge < -0.3 is 11.1 Å². The van der Waals surface area contributed by atoms with Gasteiger partial charge in [0.25, 0.3) is 11.6 Å². The van der Waals surface area contributed by atoms with E-state index in [0.29, 0.717) is 0 Å². The van der Waals surface area contributed by atoms with Crippen molar-refractivity contribution in [3.05, 3.63) is 38.9 Å². The minimum atomic E-state index is -0.590. The number of non-ortho nitro benzene ring substituents is 1. The number of nitro benzene ring substituents is 1. The van der Waals surface area contributed by atoms with Crippen LogP contribution < -0.4 is 11.1 Å². The average Bonchev–Trinajstić information content (AvgIpc) is 2.33. The lowest BCUT2D eigenvalue weighted by molar-refractivity contribution is -0.384. The van der Waals surface area contributed by atoms with Gasteiger partial charge >= 0.3 is 0 Å². The summed E-state index contributed by atoms with van der Waals surface area (Å²) in [6.07, 6.45) is 0. The third-order valence-electron chi connectivity index (χ3n) is 2.94. The third kappa shape index (κ3) is 4.18. The van der Waals surface area contributed by atoms with Crippen molar-refractivity contribution in [2.75, 3.05) is 6.54 Å². The minimum absolute atomic E-state index is 0.143. The molecule has 0 saturated heterocycles. The van der Waals surface area contributed by atoms with Crippen LogP contribution in [-0.4, -0.2) is 23.4 Å². The standard InChI is InChI=1S/C13H18ClN3O3/c1-13(2,3)11(7-15)16-12(18)8-4-9(14)6-10(5-8)17(19)20/h4-6,11H,7,15H2,1-3H3,(H,16,18). The van der Waals surface area contributed by atoms with Crippen molar-refractivity contribution in [2.45, 2.75) is 26.8 Å². The zero-order valence-corrected chi connectivity index (χ0v) is 12.4. The number of nitrogens with zero attached hydrogens (tertiary/aromatic N) is 1. The molecule has 1 atom stereocenters. The van der Waals surface area contributed by atoms with Gasteiger partial charge in [0, 0.05) is 35.3 Å². The number of nitro groups is 1. The number of halogens is 1. The van der Waals surface area contributed by atoms with E-state index in [9.17, 15) is 14.9 Å². The van der Waals surface area contributed by atoms with Gasteiger partial charge in [-0.05, 0) is 11.5 Å². The molecular formula is C13H18ClN3O3. The van der Waals surface area contributed by atoms with Crippen LogP contribution in [0.5, 0.6) is 0 Å². The van der Waals surface area contributed by atoms with E-state index in [1.165, 1.54) is 18.2 Å². The summed E-state index contributed by atoms with van der Waals surface area (Å²) in [6.45, 7) is 6.12. The molecule has 0 aliphatic rings. The van der Waals surface area contributed by atoms with Crippen LogP contribution in [0, 0.1) is 15.5 Å². The Morgan fingerprint density at radius 1 is 1.45 bits per heavy atom. The molecular weight excluding hydrogens is 282 g/mol. The molecule has 0 heterocycles. The maximum Gasteiger partial charge on any atom is 0.271 e. The predicted octanol–water partition coefficient (Wildman–Crippen LogP) is 2.35. The first-order valence-electron chi connectivity index (χ1n) is 6.11. The highest BCUT2D eigenvalue weighted by Crippen LogP contribution is 2.22. The highest BCUT2D eigenvalue weighted by Gasteiger charge is 2.26. The molecule has 7 heteroatoms. The number of benzene rings is 1. The highest BCUT2D eigenvalue weighted by molar-refractivity contribution is 6.31. The Morgan fingerprint density at radius 3 is 2.50 bits per heavy atom. The van der Waals surface area contributed by atoms with Gasteiger partial charge in [-0.3, -0.25) is 14.9 Å². The van der Waals surface area contributed by atoms with Gasteiger partial charge in [0.05, 0.1) is 4.92 Å². The van der Waals surface area contributed by atoms with Crippen LogP contribution in [0.25, 0.3) is 0 Å². The van der Waals surface area contributed by atoms with Crippen molar-refractivity contribution in [3.63, 3.8) is 0 Å². The lowest BCUT2D eigenvalue weighted by Gasteiger charge is -2.30. The molecule has 20 heavy (non-hydrogen) atoms. The number of nitrogens with one attached hydrogen (secondary N) is 1. The van der Waals surface area contributed by atoms with Crippen LogP contribution in [0.1, 0.15) is 31.1 Å². The summed E-state index contributed by atoms with van der Waals surface area (Å²) >= 11 is 5.79. The summed E-state index contributed by atoms with van der Waals surface area (Å²) in [6, 6.07) is 3.54. The van der Waals surface area contributed by atoms with Crippen molar-refractivity contribution in [1.82, 2.24) is 5.32 Å². The van der Waals surface area contributed by atoms with E-state index in [4.69, 9.17) is 17.3 Å². The first-order valence-corrected chi connectivity index (χ1v) is 6.49. The third-order valence-corrected chi connectivity index (χ3v) is 3.16. The molecule has 0 aromatic heterocycles. The predicted molar refractivity (Wildman–Crippen MR) is 77.9 cm³/mol. The normalized spacial score (nSPS) is 12.8. The Bertz CT molecular complexity index is 526. The van der Waals surface area contributed by atoms with Crippen LogP contribution in [0.2, 0.25) is 5.02 Å². The molecule has 1 aromatic carbocycles. The molecule has 6 nitrogen and oxygen atoms in total. The molecule has 1 amide bonds. The Balaban J connectivity index is 3.01. The second-order valence-electron chi connectivity index (χ2n) is 5.58. The highest BCUT2D eigenvalue weighted by atomic mass is 35.5. The number of amides is 1. The summed E-state index contributed by atoms with van der Waals surface area (Å²) < 4.78 is 0. The summed E-state index contributed by atoms with van der Waals surface area (Å²) in [7, 11) is 0. The smallest absolute Gasteiger partial charge is 0.271 e. The van der Waals surface area contributed by atoms with Crippen LogP contribution in [0.4, 0.5) is 5.69 Å². The van der Waals surface area contributed by atoms with E-state index in [1.54, 1.807) is 0 Å². The fraction of sp³-hybridized carbons (Fsp3) is 0.462. The van der Waals surface area contributed by atoms with Gasteiger partial charge in [0.15, 0.2) is 0 Å². The zero-order valence-electron chi connectivity index (χ0n) is 11.6. The maximum absolute atomic E-state index is 12.1. The van der Waals surface area contributed by atoms with Crippen molar-refractivity contribution >= 4 is 23.2 Å². The van der Waals surface area contributed by atoms with Crippen LogP contribution >= 0.6 is 11.6 Å². The molecule has 0 bridgehead atoms. The van der Waals surface area contributed by atoms with E-state index in [1.807, 2.05) is 20.8 Å². The maximum atomic E-state index is 12.1. The summed E-state index contributed by atoms with van der Waals surface area (Å²) in [5, 5.41) is 13.7. The number of hydrogen-bond donors (Lipinski definition) is 2. The lowest BCUT2D eigenvalue weighted by atomic mass is 9.86. The monoisotopic (exact) mass is 299 g/mol. The molecule has 0 aliphatic heterocycles. The largest absolute Gasteiger partial charge is 0.348 e. The second kappa shape index (κ2) is 6.19. The van der Waals surface area contributed by atoms with Crippen molar-refractivity contribution in [1.29, 1.82) is 0 Å². The SMILES string of the molecule is CC(C)(C)C(CN)NC(=O)c1cc(Cl)cc([N+](=O)[O-])c1. The summed E-state index contributed by atoms with van der Waals surface area (Å²) in [5.41, 5.74) is 5.36. The second-order valence-corrected chi connectivity index (χ2v) is 6.02. The molecule has 0 aliphatic carbocycles. The molecule has 0 fully saturated rings. The van der Waals surface area contributed by atoms with E-state index < -0.39 is 10.8 Å². The van der Waals surface area contributed by atoms with Crippen molar-refractivity contribution < 1.29 is 9.72 Å². The van der Waals surface area contributed by atoms with Gasteiger partial charge in [-0.15, -0.1) is 0 Å². The van der Waals surface area contributed by atoms with E-state index in [0.717, 1.165) is 0 Å².